The van der Waals surface area contributed by atoms with Gasteiger partial charge in [-0.25, -0.2) is 8.42 Å². The number of halogens is 1. The monoisotopic (exact) mass is 436 g/mol. The summed E-state index contributed by atoms with van der Waals surface area (Å²) in [4.78, 5) is 14.6. The molecule has 9 heteroatoms. The van der Waals surface area contributed by atoms with Crippen LogP contribution in [-0.2, 0) is 19.6 Å². The largest absolute Gasteiger partial charge is 0.375 e. The number of sulfonamides is 1. The predicted molar refractivity (Wildman–Crippen MR) is 95.5 cm³/mol. The molecule has 3 heterocycles. The lowest BCUT2D eigenvalue weighted by Gasteiger charge is -2.37. The molecule has 0 saturated carbocycles. The second-order valence-electron chi connectivity index (χ2n) is 6.23. The number of hydrogen-bond donors (Lipinski definition) is 0. The standard InChI is InChI=1S/C15H21BrN2O4S2/c1-11-9-17(7-8-22-11)15(19)12-3-2-6-18(10-12)24(20,21)14-5-4-13(16)23-14/h4-5,11-12H,2-3,6-10H2,1H3/t11-,12+/m1/s1. The smallest absolute Gasteiger partial charge is 0.252 e. The molecule has 6 nitrogen and oxygen atoms in total. The van der Waals surface area contributed by atoms with E-state index in [-0.39, 0.29) is 24.5 Å². The van der Waals surface area contributed by atoms with E-state index in [1.165, 1.54) is 15.6 Å². The minimum atomic E-state index is -3.52. The van der Waals surface area contributed by atoms with Gasteiger partial charge in [0.25, 0.3) is 10.0 Å². The van der Waals surface area contributed by atoms with Crippen molar-refractivity contribution in [3.05, 3.63) is 15.9 Å². The normalized spacial score (nSPS) is 26.5. The van der Waals surface area contributed by atoms with Gasteiger partial charge in [0.2, 0.25) is 5.91 Å². The topological polar surface area (TPSA) is 66.9 Å². The van der Waals surface area contributed by atoms with E-state index >= 15 is 0 Å². The molecule has 3 rings (SSSR count). The second-order valence-corrected chi connectivity index (χ2v) is 10.9. The highest BCUT2D eigenvalue weighted by molar-refractivity contribution is 9.11. The fourth-order valence-corrected chi connectivity index (χ4v) is 6.89. The Kier molecular flexibility index (Phi) is 5.65. The zero-order valence-corrected chi connectivity index (χ0v) is 16.7. The third-order valence-electron chi connectivity index (χ3n) is 4.43. The zero-order chi connectivity index (χ0) is 17.3. The van der Waals surface area contributed by atoms with Gasteiger partial charge in [0.15, 0.2) is 0 Å². The highest BCUT2D eigenvalue weighted by atomic mass is 79.9. The second kappa shape index (κ2) is 7.41. The summed E-state index contributed by atoms with van der Waals surface area (Å²) >= 11 is 4.51. The van der Waals surface area contributed by atoms with Crippen LogP contribution in [0.3, 0.4) is 0 Å². The van der Waals surface area contributed by atoms with Gasteiger partial charge in [0.1, 0.15) is 4.21 Å². The first-order valence-electron chi connectivity index (χ1n) is 8.04. The van der Waals surface area contributed by atoms with Gasteiger partial charge in [-0.05, 0) is 47.8 Å². The summed E-state index contributed by atoms with van der Waals surface area (Å²) in [6, 6.07) is 3.35. The number of rotatable bonds is 3. The molecule has 0 spiro atoms. The number of carbonyl (C=O) groups is 1. The third kappa shape index (κ3) is 3.85. The molecule has 1 amide bonds. The Labute approximate surface area is 154 Å². The lowest BCUT2D eigenvalue weighted by atomic mass is 9.97. The van der Waals surface area contributed by atoms with Crippen LogP contribution in [0.15, 0.2) is 20.1 Å². The number of carbonyl (C=O) groups excluding carboxylic acids is 1. The van der Waals surface area contributed by atoms with E-state index < -0.39 is 10.0 Å². The van der Waals surface area contributed by atoms with Crippen LogP contribution in [0.5, 0.6) is 0 Å². The molecule has 0 unspecified atom stereocenters. The number of amides is 1. The average molecular weight is 437 g/mol. The Balaban J connectivity index is 1.71. The summed E-state index contributed by atoms with van der Waals surface area (Å²) in [7, 11) is -3.52. The van der Waals surface area contributed by atoms with Gasteiger partial charge >= 0.3 is 0 Å². The van der Waals surface area contributed by atoms with Gasteiger partial charge in [-0.2, -0.15) is 4.31 Å². The van der Waals surface area contributed by atoms with Crippen molar-refractivity contribution in [1.29, 1.82) is 0 Å². The maximum Gasteiger partial charge on any atom is 0.252 e. The fraction of sp³-hybridized carbons (Fsp3) is 0.667. The molecular weight excluding hydrogens is 416 g/mol. The van der Waals surface area contributed by atoms with Crippen LogP contribution in [0.2, 0.25) is 0 Å². The summed E-state index contributed by atoms with van der Waals surface area (Å²) in [6.45, 7) is 4.41. The summed E-state index contributed by atoms with van der Waals surface area (Å²) in [5.74, 6) is -0.209. The van der Waals surface area contributed by atoms with Crippen LogP contribution in [0.25, 0.3) is 0 Å². The van der Waals surface area contributed by atoms with Crippen molar-refractivity contribution < 1.29 is 17.9 Å². The van der Waals surface area contributed by atoms with Crippen molar-refractivity contribution >= 4 is 43.2 Å². The highest BCUT2D eigenvalue weighted by Crippen LogP contribution is 2.31. The van der Waals surface area contributed by atoms with Crippen molar-refractivity contribution in [2.24, 2.45) is 5.92 Å². The lowest BCUT2D eigenvalue weighted by Crippen LogP contribution is -2.51. The number of hydrogen-bond acceptors (Lipinski definition) is 5. The Morgan fingerprint density at radius 2 is 2.12 bits per heavy atom. The zero-order valence-electron chi connectivity index (χ0n) is 13.5. The number of piperidine rings is 1. The van der Waals surface area contributed by atoms with Crippen LogP contribution in [0.1, 0.15) is 19.8 Å². The predicted octanol–water partition coefficient (Wildman–Crippen LogP) is 2.16. The van der Waals surface area contributed by atoms with Gasteiger partial charge in [0.05, 0.1) is 22.4 Å². The van der Waals surface area contributed by atoms with Crippen LogP contribution in [-0.4, -0.2) is 62.4 Å². The first-order valence-corrected chi connectivity index (χ1v) is 11.1. The van der Waals surface area contributed by atoms with Crippen LogP contribution >= 0.6 is 27.3 Å². The summed E-state index contributed by atoms with van der Waals surface area (Å²) in [6.07, 6.45) is 1.49. The van der Waals surface area contributed by atoms with Crippen LogP contribution in [0, 0.1) is 5.92 Å². The number of nitrogens with zero attached hydrogens (tertiary/aromatic N) is 2. The number of morpholine rings is 1. The lowest BCUT2D eigenvalue weighted by molar-refractivity contribution is -0.143. The Morgan fingerprint density at radius 3 is 2.79 bits per heavy atom. The Hall–Kier alpha value is -0.480. The Bertz CT molecular complexity index is 706. The van der Waals surface area contributed by atoms with Gasteiger partial charge in [-0.15, -0.1) is 11.3 Å². The van der Waals surface area contributed by atoms with Crippen LogP contribution < -0.4 is 0 Å². The molecular formula is C15H21BrN2O4S2. The molecule has 2 saturated heterocycles. The van der Waals surface area contributed by atoms with Crippen molar-refractivity contribution in [2.75, 3.05) is 32.8 Å². The minimum Gasteiger partial charge on any atom is -0.375 e. The highest BCUT2D eigenvalue weighted by Gasteiger charge is 2.36. The van der Waals surface area contributed by atoms with E-state index in [1.807, 2.05) is 11.8 Å². The Morgan fingerprint density at radius 1 is 1.33 bits per heavy atom. The maximum atomic E-state index is 12.8. The molecule has 1 aromatic rings. The first-order chi connectivity index (χ1) is 11.4. The maximum absolute atomic E-state index is 12.8. The fourth-order valence-electron chi connectivity index (χ4n) is 3.20. The van der Waals surface area contributed by atoms with Gasteiger partial charge in [0, 0.05) is 26.2 Å². The summed E-state index contributed by atoms with van der Waals surface area (Å²) in [5.41, 5.74) is 0. The molecule has 0 bridgehead atoms. The summed E-state index contributed by atoms with van der Waals surface area (Å²) < 4.78 is 33.6. The molecule has 134 valence electrons. The van der Waals surface area contributed by atoms with Crippen molar-refractivity contribution in [1.82, 2.24) is 9.21 Å². The van der Waals surface area contributed by atoms with E-state index in [0.29, 0.717) is 36.9 Å². The van der Waals surface area contributed by atoms with Crippen molar-refractivity contribution in [2.45, 2.75) is 30.1 Å². The molecule has 0 radical (unpaired) electrons. The molecule has 0 aromatic carbocycles. The van der Waals surface area contributed by atoms with E-state index in [0.717, 1.165) is 10.2 Å². The van der Waals surface area contributed by atoms with E-state index in [4.69, 9.17) is 4.74 Å². The summed E-state index contributed by atoms with van der Waals surface area (Å²) in [5, 5.41) is 0. The molecule has 0 aliphatic carbocycles. The molecule has 2 atom stereocenters. The van der Waals surface area contributed by atoms with Gasteiger partial charge in [-0.3, -0.25) is 4.79 Å². The van der Waals surface area contributed by atoms with Crippen molar-refractivity contribution in [3.63, 3.8) is 0 Å². The number of ether oxygens (including phenoxy) is 1. The third-order valence-corrected chi connectivity index (χ3v) is 8.39. The molecule has 24 heavy (non-hydrogen) atoms. The quantitative estimate of drug-likeness (QED) is 0.727. The van der Waals surface area contributed by atoms with Gasteiger partial charge in [-0.1, -0.05) is 0 Å². The number of thiophene rings is 1. The average Bonchev–Trinajstić information content (AvgIpc) is 3.01. The first kappa shape index (κ1) is 18.3. The molecule has 2 fully saturated rings. The SMILES string of the molecule is C[C@@H]1CN(C(=O)[C@H]2CCCN(S(=O)(=O)c3ccc(Br)s3)C2)CCO1. The van der Waals surface area contributed by atoms with E-state index in [1.54, 1.807) is 12.1 Å². The van der Waals surface area contributed by atoms with E-state index in [2.05, 4.69) is 15.9 Å². The molecule has 0 N–H and O–H groups in total. The molecule has 2 aliphatic rings. The van der Waals surface area contributed by atoms with E-state index in [9.17, 15) is 13.2 Å². The minimum absolute atomic E-state index is 0.0367. The molecule has 1 aromatic heterocycles. The van der Waals surface area contributed by atoms with Crippen LogP contribution in [0.4, 0.5) is 0 Å². The van der Waals surface area contributed by atoms with Crippen molar-refractivity contribution in [3.8, 4) is 0 Å². The van der Waals surface area contributed by atoms with Gasteiger partial charge < -0.3 is 9.64 Å². The molecule has 2 aliphatic heterocycles.